The van der Waals surface area contributed by atoms with E-state index in [1.165, 1.54) is 12.1 Å². The van der Waals surface area contributed by atoms with Crippen LogP contribution in [0.5, 0.6) is 5.75 Å². The van der Waals surface area contributed by atoms with Crippen molar-refractivity contribution >= 4 is 17.3 Å². The maximum Gasteiger partial charge on any atom is 0.416 e. The second kappa shape index (κ2) is 7.72. The summed E-state index contributed by atoms with van der Waals surface area (Å²) in [6.45, 7) is 2.27. The summed E-state index contributed by atoms with van der Waals surface area (Å²) >= 11 is 0. The van der Waals surface area contributed by atoms with E-state index in [1.54, 1.807) is 12.1 Å². The Morgan fingerprint density at radius 2 is 1.85 bits per heavy atom. The molecule has 1 amide bonds. The van der Waals surface area contributed by atoms with Crippen molar-refractivity contribution in [3.8, 4) is 5.75 Å². The Kier molecular flexibility index (Phi) is 5.65. The van der Waals surface area contributed by atoms with Crippen molar-refractivity contribution in [2.45, 2.75) is 13.1 Å². The molecule has 0 spiro atoms. The molecule has 138 valence electrons. The van der Waals surface area contributed by atoms with Crippen LogP contribution in [0.4, 0.5) is 24.5 Å². The van der Waals surface area contributed by atoms with Gasteiger partial charge in [0.1, 0.15) is 11.4 Å². The fraction of sp³-hybridized carbons (Fsp3) is 0.188. The van der Waals surface area contributed by atoms with Crippen molar-refractivity contribution in [1.29, 1.82) is 0 Å². The van der Waals surface area contributed by atoms with Crippen molar-refractivity contribution in [1.82, 2.24) is 5.43 Å². The van der Waals surface area contributed by atoms with Crippen LogP contribution in [0, 0.1) is 10.1 Å². The molecular weight excluding hydrogens is 355 g/mol. The molecule has 2 rings (SSSR count). The van der Waals surface area contributed by atoms with Gasteiger partial charge in [0.15, 0.2) is 0 Å². The summed E-state index contributed by atoms with van der Waals surface area (Å²) in [6, 6.07) is 8.04. The van der Waals surface area contributed by atoms with Crippen molar-refractivity contribution < 1.29 is 27.6 Å². The molecule has 0 fully saturated rings. The van der Waals surface area contributed by atoms with Gasteiger partial charge in [0.05, 0.1) is 17.1 Å². The minimum absolute atomic E-state index is 0.232. The molecule has 2 aromatic rings. The van der Waals surface area contributed by atoms with Gasteiger partial charge in [0.25, 0.3) is 11.6 Å². The number of carbonyl (C=O) groups is 1. The molecule has 0 aliphatic heterocycles. The molecule has 10 heteroatoms. The van der Waals surface area contributed by atoms with E-state index >= 15 is 0 Å². The molecule has 2 N–H and O–H groups in total. The highest BCUT2D eigenvalue weighted by molar-refractivity contribution is 5.95. The van der Waals surface area contributed by atoms with Gasteiger partial charge in [-0.05, 0) is 43.3 Å². The summed E-state index contributed by atoms with van der Waals surface area (Å²) in [5.74, 6) is -0.0577. The smallest absolute Gasteiger partial charge is 0.416 e. The standard InChI is InChI=1S/C16H14F3N3O4/c1-2-26-12-6-3-10(4-7-12)15(23)21-20-13-8-5-11(16(17,18)19)9-14(13)22(24)25/h3-9,20H,2H2,1H3,(H,21,23). The topological polar surface area (TPSA) is 93.5 Å². The summed E-state index contributed by atoms with van der Waals surface area (Å²) in [7, 11) is 0. The molecule has 7 nitrogen and oxygen atoms in total. The molecule has 0 atom stereocenters. The van der Waals surface area contributed by atoms with Crippen LogP contribution >= 0.6 is 0 Å². The Morgan fingerprint density at radius 1 is 1.19 bits per heavy atom. The number of halogens is 3. The van der Waals surface area contributed by atoms with Crippen molar-refractivity contribution in [3.63, 3.8) is 0 Å². The lowest BCUT2D eigenvalue weighted by Gasteiger charge is -2.11. The lowest BCUT2D eigenvalue weighted by atomic mass is 10.1. The van der Waals surface area contributed by atoms with E-state index in [4.69, 9.17) is 4.74 Å². The van der Waals surface area contributed by atoms with Gasteiger partial charge >= 0.3 is 6.18 Å². The van der Waals surface area contributed by atoms with Gasteiger partial charge in [-0.15, -0.1) is 0 Å². The number of hydrogen-bond acceptors (Lipinski definition) is 5. The lowest BCUT2D eigenvalue weighted by molar-refractivity contribution is -0.384. The predicted molar refractivity (Wildman–Crippen MR) is 86.8 cm³/mol. The van der Waals surface area contributed by atoms with Crippen LogP contribution in [0.1, 0.15) is 22.8 Å². The molecular formula is C16H14F3N3O4. The van der Waals surface area contributed by atoms with E-state index in [0.29, 0.717) is 24.5 Å². The van der Waals surface area contributed by atoms with Crippen LogP contribution in [0.3, 0.4) is 0 Å². The number of ether oxygens (including phenoxy) is 1. The number of nitro groups is 1. The van der Waals surface area contributed by atoms with Crippen LogP contribution in [0.25, 0.3) is 0 Å². The molecule has 0 saturated heterocycles. The highest BCUT2D eigenvalue weighted by Gasteiger charge is 2.33. The summed E-state index contributed by atoms with van der Waals surface area (Å²) in [4.78, 5) is 22.0. The van der Waals surface area contributed by atoms with E-state index in [2.05, 4.69) is 10.9 Å². The first kappa shape index (κ1) is 19.0. The third-order valence-electron chi connectivity index (χ3n) is 3.26. The van der Waals surface area contributed by atoms with Crippen LogP contribution in [0.15, 0.2) is 42.5 Å². The van der Waals surface area contributed by atoms with Gasteiger partial charge in [-0.1, -0.05) is 0 Å². The summed E-state index contributed by atoms with van der Waals surface area (Å²) < 4.78 is 43.2. The molecule has 0 saturated carbocycles. The third-order valence-corrected chi connectivity index (χ3v) is 3.26. The fourth-order valence-corrected chi connectivity index (χ4v) is 2.03. The molecule has 0 unspecified atom stereocenters. The lowest BCUT2D eigenvalue weighted by Crippen LogP contribution is -2.29. The number of hydrogen-bond donors (Lipinski definition) is 2. The Bertz CT molecular complexity index is 807. The first-order valence-corrected chi connectivity index (χ1v) is 7.37. The monoisotopic (exact) mass is 369 g/mol. The van der Waals surface area contributed by atoms with Gasteiger partial charge in [-0.2, -0.15) is 13.2 Å². The van der Waals surface area contributed by atoms with E-state index < -0.39 is 28.3 Å². The number of anilines is 1. The van der Waals surface area contributed by atoms with E-state index in [1.807, 2.05) is 6.92 Å². The minimum Gasteiger partial charge on any atom is -0.494 e. The number of hydrazine groups is 1. The van der Waals surface area contributed by atoms with Crippen molar-refractivity contribution in [2.24, 2.45) is 0 Å². The molecule has 0 radical (unpaired) electrons. The Balaban J connectivity index is 2.13. The number of carbonyl (C=O) groups excluding carboxylic acids is 1. The Hall–Kier alpha value is -3.30. The van der Waals surface area contributed by atoms with E-state index in [-0.39, 0.29) is 11.3 Å². The number of nitro benzene ring substituents is 1. The second-order valence-electron chi connectivity index (χ2n) is 5.02. The van der Waals surface area contributed by atoms with Gasteiger partial charge < -0.3 is 4.74 Å². The maximum absolute atomic E-state index is 12.7. The zero-order chi connectivity index (χ0) is 19.3. The molecule has 0 aliphatic carbocycles. The van der Waals surface area contributed by atoms with E-state index in [9.17, 15) is 28.1 Å². The number of nitrogens with one attached hydrogen (secondary N) is 2. The molecule has 0 aromatic heterocycles. The Labute approximate surface area is 145 Å². The summed E-state index contributed by atoms with van der Waals surface area (Å²) in [6.07, 6.45) is -4.71. The van der Waals surface area contributed by atoms with Crippen molar-refractivity contribution in [3.05, 3.63) is 63.7 Å². The quantitative estimate of drug-likeness (QED) is 0.597. The van der Waals surface area contributed by atoms with Gasteiger partial charge in [-0.3, -0.25) is 25.8 Å². The van der Waals surface area contributed by atoms with Crippen LogP contribution in [-0.2, 0) is 6.18 Å². The zero-order valence-electron chi connectivity index (χ0n) is 13.5. The SMILES string of the molecule is CCOc1ccc(C(=O)NNc2ccc(C(F)(F)F)cc2[N+](=O)[O-])cc1. The highest BCUT2D eigenvalue weighted by Crippen LogP contribution is 2.34. The van der Waals surface area contributed by atoms with Gasteiger partial charge in [0.2, 0.25) is 0 Å². The second-order valence-corrected chi connectivity index (χ2v) is 5.02. The van der Waals surface area contributed by atoms with Gasteiger partial charge in [-0.25, -0.2) is 0 Å². The normalized spacial score (nSPS) is 10.9. The maximum atomic E-state index is 12.7. The number of benzene rings is 2. The van der Waals surface area contributed by atoms with Gasteiger partial charge in [0, 0.05) is 11.6 Å². The van der Waals surface area contributed by atoms with Crippen molar-refractivity contribution in [2.75, 3.05) is 12.0 Å². The zero-order valence-corrected chi connectivity index (χ0v) is 13.5. The minimum atomic E-state index is -4.71. The summed E-state index contributed by atoms with van der Waals surface area (Å²) in [5.41, 5.74) is 2.46. The largest absolute Gasteiger partial charge is 0.494 e. The van der Waals surface area contributed by atoms with E-state index in [0.717, 1.165) is 6.07 Å². The predicted octanol–water partition coefficient (Wildman–Crippen LogP) is 3.77. The average molecular weight is 369 g/mol. The molecule has 2 aromatic carbocycles. The molecule has 26 heavy (non-hydrogen) atoms. The van der Waals surface area contributed by atoms with Crippen LogP contribution < -0.4 is 15.6 Å². The Morgan fingerprint density at radius 3 is 2.38 bits per heavy atom. The highest BCUT2D eigenvalue weighted by atomic mass is 19.4. The molecule has 0 heterocycles. The first-order chi connectivity index (χ1) is 12.2. The number of nitrogens with zero attached hydrogens (tertiary/aromatic N) is 1. The van der Waals surface area contributed by atoms with Crippen LogP contribution in [0.2, 0.25) is 0 Å². The van der Waals surface area contributed by atoms with Crippen LogP contribution in [-0.4, -0.2) is 17.4 Å². The molecule has 0 bridgehead atoms. The number of alkyl halides is 3. The first-order valence-electron chi connectivity index (χ1n) is 7.37. The average Bonchev–Trinajstić information content (AvgIpc) is 2.59. The number of rotatable bonds is 6. The third kappa shape index (κ3) is 4.62. The summed E-state index contributed by atoms with van der Waals surface area (Å²) in [5, 5.41) is 11.0. The fourth-order valence-electron chi connectivity index (χ4n) is 2.03. The molecule has 0 aliphatic rings. The number of amides is 1.